The number of primary sulfonamides is 1. The Bertz CT molecular complexity index is 582. The average Bonchev–Trinajstić information content (AvgIpc) is 2.32. The highest BCUT2D eigenvalue weighted by atomic mass is 32.2. The van der Waals surface area contributed by atoms with Gasteiger partial charge in [-0.3, -0.25) is 4.79 Å². The van der Waals surface area contributed by atoms with E-state index in [1.54, 1.807) is 27.0 Å². The van der Waals surface area contributed by atoms with Gasteiger partial charge in [-0.15, -0.1) is 0 Å². The lowest BCUT2D eigenvalue weighted by Gasteiger charge is -2.13. The zero-order valence-electron chi connectivity index (χ0n) is 11.2. The first kappa shape index (κ1) is 15.5. The average molecular weight is 286 g/mol. The summed E-state index contributed by atoms with van der Waals surface area (Å²) in [5.74, 6) is 0.435. The van der Waals surface area contributed by atoms with Crippen LogP contribution in [0.4, 0.5) is 0 Å². The summed E-state index contributed by atoms with van der Waals surface area (Å²) in [6, 6.07) is 2.96. The molecule has 0 bridgehead atoms. The van der Waals surface area contributed by atoms with Gasteiger partial charge in [-0.05, 0) is 37.1 Å². The molecular formula is C12H18N2O4S. The Morgan fingerprint density at radius 3 is 2.47 bits per heavy atom. The molecule has 1 amide bonds. The molecule has 0 saturated heterocycles. The predicted octanol–water partition coefficient (Wildman–Crippen LogP) is 0.466. The van der Waals surface area contributed by atoms with E-state index >= 15 is 0 Å². The fourth-order valence-corrected chi connectivity index (χ4v) is 2.45. The standard InChI is InChI=1S/C12H18N2O4S/c1-8-9(2)11(19(13,16)17)5-4-10(8)18-7-6-12(15)14-3/h4-5H,6-7H2,1-3H3,(H,14,15)(H2,13,16,17). The number of nitrogens with two attached hydrogens (primary N) is 1. The maximum absolute atomic E-state index is 11.3. The predicted molar refractivity (Wildman–Crippen MR) is 71.5 cm³/mol. The van der Waals surface area contributed by atoms with E-state index in [2.05, 4.69) is 5.32 Å². The molecule has 0 fully saturated rings. The van der Waals surface area contributed by atoms with Crippen LogP contribution >= 0.6 is 0 Å². The molecule has 0 atom stereocenters. The highest BCUT2D eigenvalue weighted by Gasteiger charge is 2.15. The van der Waals surface area contributed by atoms with Gasteiger partial charge in [0.05, 0.1) is 17.9 Å². The number of carbonyl (C=O) groups is 1. The summed E-state index contributed by atoms with van der Waals surface area (Å²) in [5.41, 5.74) is 1.25. The van der Waals surface area contributed by atoms with E-state index < -0.39 is 10.0 Å². The quantitative estimate of drug-likeness (QED) is 0.821. The van der Waals surface area contributed by atoms with Gasteiger partial charge in [0, 0.05) is 7.05 Å². The molecule has 0 aliphatic heterocycles. The Morgan fingerprint density at radius 1 is 1.32 bits per heavy atom. The van der Waals surface area contributed by atoms with E-state index in [1.165, 1.54) is 6.07 Å². The molecule has 0 unspecified atom stereocenters. The summed E-state index contributed by atoms with van der Waals surface area (Å²) in [5, 5.41) is 7.60. The van der Waals surface area contributed by atoms with Crippen molar-refractivity contribution in [3.63, 3.8) is 0 Å². The molecule has 1 aromatic rings. The summed E-state index contributed by atoms with van der Waals surface area (Å²) >= 11 is 0. The van der Waals surface area contributed by atoms with Gasteiger partial charge in [0.25, 0.3) is 0 Å². The fraction of sp³-hybridized carbons (Fsp3) is 0.417. The Morgan fingerprint density at radius 2 is 1.95 bits per heavy atom. The van der Waals surface area contributed by atoms with Crippen LogP contribution in [0.1, 0.15) is 17.5 Å². The van der Waals surface area contributed by atoms with Crippen molar-refractivity contribution in [1.29, 1.82) is 0 Å². The summed E-state index contributed by atoms with van der Waals surface area (Å²) in [6.45, 7) is 3.65. The topological polar surface area (TPSA) is 98.5 Å². The first-order valence-corrected chi connectivity index (χ1v) is 7.28. The number of ether oxygens (including phenoxy) is 1. The SMILES string of the molecule is CNC(=O)CCOc1ccc(S(N)(=O)=O)c(C)c1C. The Kier molecular flexibility index (Phi) is 4.90. The normalized spacial score (nSPS) is 11.2. The van der Waals surface area contributed by atoms with Crippen LogP contribution in [0, 0.1) is 13.8 Å². The Labute approximate surface area is 113 Å². The van der Waals surface area contributed by atoms with Gasteiger partial charge in [0.1, 0.15) is 5.75 Å². The van der Waals surface area contributed by atoms with Crippen LogP contribution in [0.2, 0.25) is 0 Å². The lowest BCUT2D eigenvalue weighted by Crippen LogP contribution is -2.20. The monoisotopic (exact) mass is 286 g/mol. The van der Waals surface area contributed by atoms with Gasteiger partial charge in [0.2, 0.25) is 15.9 Å². The fourth-order valence-electron chi connectivity index (χ4n) is 1.61. The number of rotatable bonds is 5. The van der Waals surface area contributed by atoms with Gasteiger partial charge >= 0.3 is 0 Å². The number of amides is 1. The molecule has 0 radical (unpaired) electrons. The van der Waals surface area contributed by atoms with Crippen LogP contribution in [0.25, 0.3) is 0 Å². The van der Waals surface area contributed by atoms with Crippen LogP contribution in [-0.4, -0.2) is 28.0 Å². The van der Waals surface area contributed by atoms with Gasteiger partial charge in [0.15, 0.2) is 0 Å². The van der Waals surface area contributed by atoms with Crippen LogP contribution in [-0.2, 0) is 14.8 Å². The molecule has 3 N–H and O–H groups in total. The number of nitrogens with one attached hydrogen (secondary N) is 1. The van der Waals surface area contributed by atoms with Crippen molar-refractivity contribution in [2.45, 2.75) is 25.2 Å². The Hall–Kier alpha value is -1.60. The molecule has 0 saturated carbocycles. The second kappa shape index (κ2) is 6.03. The zero-order chi connectivity index (χ0) is 14.6. The minimum absolute atomic E-state index is 0.0867. The van der Waals surface area contributed by atoms with Crippen molar-refractivity contribution < 1.29 is 17.9 Å². The highest BCUT2D eigenvalue weighted by Crippen LogP contribution is 2.26. The summed E-state index contributed by atoms with van der Waals surface area (Å²) in [7, 11) is -2.18. The zero-order valence-corrected chi connectivity index (χ0v) is 12.0. The third-order valence-corrected chi connectivity index (χ3v) is 3.92. The summed E-state index contributed by atoms with van der Waals surface area (Å²) in [4.78, 5) is 11.1. The van der Waals surface area contributed by atoms with E-state index in [4.69, 9.17) is 9.88 Å². The minimum atomic E-state index is -3.73. The number of hydrogen-bond donors (Lipinski definition) is 2. The molecule has 1 aromatic carbocycles. The highest BCUT2D eigenvalue weighted by molar-refractivity contribution is 7.89. The van der Waals surface area contributed by atoms with Crippen molar-refractivity contribution >= 4 is 15.9 Å². The van der Waals surface area contributed by atoms with Crippen molar-refractivity contribution in [2.24, 2.45) is 5.14 Å². The first-order chi connectivity index (χ1) is 8.77. The van der Waals surface area contributed by atoms with E-state index in [9.17, 15) is 13.2 Å². The van der Waals surface area contributed by atoms with Gasteiger partial charge in [-0.2, -0.15) is 0 Å². The summed E-state index contributed by atoms with van der Waals surface area (Å²) < 4.78 is 28.1. The van der Waals surface area contributed by atoms with E-state index in [0.29, 0.717) is 16.9 Å². The molecule has 0 aliphatic carbocycles. The summed E-state index contributed by atoms with van der Waals surface area (Å²) in [6.07, 6.45) is 0.242. The molecule has 1 rings (SSSR count). The van der Waals surface area contributed by atoms with Gasteiger partial charge < -0.3 is 10.1 Å². The van der Waals surface area contributed by atoms with Crippen molar-refractivity contribution in [3.8, 4) is 5.75 Å². The molecule has 0 aliphatic rings. The molecule has 19 heavy (non-hydrogen) atoms. The van der Waals surface area contributed by atoms with Crippen LogP contribution in [0.3, 0.4) is 0 Å². The van der Waals surface area contributed by atoms with Crippen molar-refractivity contribution in [1.82, 2.24) is 5.32 Å². The number of carbonyl (C=O) groups excluding carboxylic acids is 1. The van der Waals surface area contributed by atoms with Crippen molar-refractivity contribution in [2.75, 3.05) is 13.7 Å². The van der Waals surface area contributed by atoms with Crippen LogP contribution in [0.5, 0.6) is 5.75 Å². The van der Waals surface area contributed by atoms with E-state index in [-0.39, 0.29) is 23.8 Å². The van der Waals surface area contributed by atoms with Gasteiger partial charge in [-0.1, -0.05) is 0 Å². The van der Waals surface area contributed by atoms with E-state index in [1.807, 2.05) is 0 Å². The van der Waals surface area contributed by atoms with Crippen molar-refractivity contribution in [3.05, 3.63) is 23.3 Å². The van der Waals surface area contributed by atoms with Crippen LogP contribution < -0.4 is 15.2 Å². The second-order valence-corrected chi connectivity index (χ2v) is 5.66. The molecule has 7 heteroatoms. The molecule has 0 aromatic heterocycles. The molecule has 106 valence electrons. The number of sulfonamides is 1. The maximum Gasteiger partial charge on any atom is 0.238 e. The van der Waals surface area contributed by atoms with Gasteiger partial charge in [-0.25, -0.2) is 13.6 Å². The first-order valence-electron chi connectivity index (χ1n) is 5.73. The molecule has 0 spiro atoms. The minimum Gasteiger partial charge on any atom is -0.493 e. The molecular weight excluding hydrogens is 268 g/mol. The third kappa shape index (κ3) is 3.93. The largest absolute Gasteiger partial charge is 0.493 e. The molecule has 6 nitrogen and oxygen atoms in total. The lowest BCUT2D eigenvalue weighted by molar-refractivity contribution is -0.121. The smallest absolute Gasteiger partial charge is 0.238 e. The van der Waals surface area contributed by atoms with E-state index in [0.717, 1.165) is 0 Å². The van der Waals surface area contributed by atoms with Crippen LogP contribution in [0.15, 0.2) is 17.0 Å². The third-order valence-electron chi connectivity index (χ3n) is 2.86. The lowest BCUT2D eigenvalue weighted by atomic mass is 10.1. The second-order valence-electron chi connectivity index (χ2n) is 4.13. The number of benzene rings is 1. The number of hydrogen-bond acceptors (Lipinski definition) is 4. The molecule has 0 heterocycles. The maximum atomic E-state index is 11.3. The Balaban J connectivity index is 2.89.